The van der Waals surface area contributed by atoms with Gasteiger partial charge in [-0.25, -0.2) is 4.98 Å². The van der Waals surface area contributed by atoms with E-state index in [1.165, 1.54) is 0 Å². The summed E-state index contributed by atoms with van der Waals surface area (Å²) in [4.78, 5) is 4.22. The van der Waals surface area contributed by atoms with Gasteiger partial charge in [-0.15, -0.1) is 0 Å². The molecule has 0 unspecified atom stereocenters. The van der Waals surface area contributed by atoms with Gasteiger partial charge in [0.25, 0.3) is 0 Å². The first kappa shape index (κ1) is 5.46. The van der Waals surface area contributed by atoms with Gasteiger partial charge in [0.15, 0.2) is 5.65 Å². The van der Waals surface area contributed by atoms with E-state index in [-0.39, 0.29) is 0 Å². The molecule has 0 bridgehead atoms. The maximum atomic E-state index is 4.22. The lowest BCUT2D eigenvalue weighted by atomic mass is 10.4. The zero-order valence-electron chi connectivity index (χ0n) is 5.92. The fourth-order valence-electron chi connectivity index (χ4n) is 0.978. The molecule has 1 N–H and O–H groups in total. The zero-order valence-corrected chi connectivity index (χ0v) is 5.92. The van der Waals surface area contributed by atoms with Crippen LogP contribution in [0.2, 0.25) is 0 Å². The van der Waals surface area contributed by atoms with E-state index in [2.05, 4.69) is 15.2 Å². The highest BCUT2D eigenvalue weighted by molar-refractivity contribution is 5.44. The maximum Gasteiger partial charge on any atom is 0.178 e. The number of hydrogen-bond acceptors (Lipinski definition) is 2. The van der Waals surface area contributed by atoms with Crippen molar-refractivity contribution >= 4 is 5.65 Å². The van der Waals surface area contributed by atoms with Crippen LogP contribution in [-0.4, -0.2) is 19.8 Å². The minimum Gasteiger partial charge on any atom is -0.263 e. The summed E-state index contributed by atoms with van der Waals surface area (Å²) < 4.78 is 1.67. The molecule has 0 spiro atoms. The third-order valence-electron chi connectivity index (χ3n) is 1.46. The Morgan fingerprint density at radius 1 is 1.50 bits per heavy atom. The summed E-state index contributed by atoms with van der Waals surface area (Å²) in [6.07, 6.45) is 1.79. The van der Waals surface area contributed by atoms with Gasteiger partial charge in [0.05, 0.1) is 6.20 Å². The van der Waals surface area contributed by atoms with Crippen LogP contribution in [0.4, 0.5) is 0 Å². The predicted molar refractivity (Wildman–Crippen MR) is 36.8 cm³/mol. The number of H-pyrrole nitrogens is 1. The molecule has 0 atom stereocenters. The van der Waals surface area contributed by atoms with Crippen LogP contribution in [-0.2, 0) is 0 Å². The Kier molecular flexibility index (Phi) is 0.869. The van der Waals surface area contributed by atoms with Gasteiger partial charge in [0, 0.05) is 5.56 Å². The van der Waals surface area contributed by atoms with Crippen LogP contribution in [0.25, 0.3) is 5.65 Å². The van der Waals surface area contributed by atoms with Crippen molar-refractivity contribution in [1.82, 2.24) is 19.8 Å². The SMILES string of the molecule is Cc1nc2c(C)cnn2[nH]1. The summed E-state index contributed by atoms with van der Waals surface area (Å²) in [5.74, 6) is 0.895. The highest BCUT2D eigenvalue weighted by atomic mass is 15.5. The molecule has 0 aliphatic rings. The normalized spacial score (nSPS) is 11.0. The molecule has 4 heteroatoms. The van der Waals surface area contributed by atoms with Gasteiger partial charge in [-0.05, 0) is 13.8 Å². The second-order valence-corrected chi connectivity index (χ2v) is 2.37. The molecule has 0 aliphatic carbocycles. The van der Waals surface area contributed by atoms with Crippen LogP contribution in [0.5, 0.6) is 0 Å². The van der Waals surface area contributed by atoms with Gasteiger partial charge >= 0.3 is 0 Å². The summed E-state index contributed by atoms with van der Waals surface area (Å²) in [6.45, 7) is 3.90. The molecule has 0 fully saturated rings. The summed E-state index contributed by atoms with van der Waals surface area (Å²) in [6, 6.07) is 0. The van der Waals surface area contributed by atoms with Crippen LogP contribution in [0.15, 0.2) is 6.20 Å². The van der Waals surface area contributed by atoms with Crippen molar-refractivity contribution in [3.63, 3.8) is 0 Å². The zero-order chi connectivity index (χ0) is 7.14. The Balaban J connectivity index is 2.90. The lowest BCUT2D eigenvalue weighted by Gasteiger charge is -1.75. The van der Waals surface area contributed by atoms with E-state index in [0.717, 1.165) is 17.0 Å². The Labute approximate surface area is 57.9 Å². The van der Waals surface area contributed by atoms with E-state index in [0.29, 0.717) is 0 Å². The van der Waals surface area contributed by atoms with Gasteiger partial charge in [-0.3, -0.25) is 5.10 Å². The molecule has 0 amide bonds. The van der Waals surface area contributed by atoms with Gasteiger partial charge in [-0.1, -0.05) is 0 Å². The van der Waals surface area contributed by atoms with Crippen LogP contribution in [0.3, 0.4) is 0 Å². The molecule has 52 valence electrons. The van der Waals surface area contributed by atoms with Gasteiger partial charge in [-0.2, -0.15) is 9.73 Å². The predicted octanol–water partition coefficient (Wildman–Crippen LogP) is 0.674. The van der Waals surface area contributed by atoms with E-state index in [1.54, 1.807) is 10.8 Å². The van der Waals surface area contributed by atoms with Crippen LogP contribution >= 0.6 is 0 Å². The second kappa shape index (κ2) is 1.59. The van der Waals surface area contributed by atoms with Gasteiger partial charge in [0.2, 0.25) is 0 Å². The first-order valence-electron chi connectivity index (χ1n) is 3.14. The van der Waals surface area contributed by atoms with E-state index < -0.39 is 0 Å². The van der Waals surface area contributed by atoms with E-state index >= 15 is 0 Å². The molecular weight excluding hydrogens is 128 g/mol. The number of aromatic nitrogens is 4. The molecule has 0 saturated heterocycles. The fourth-order valence-corrected chi connectivity index (χ4v) is 0.978. The quantitative estimate of drug-likeness (QED) is 0.578. The highest BCUT2D eigenvalue weighted by Crippen LogP contribution is 2.04. The molecule has 0 saturated carbocycles. The van der Waals surface area contributed by atoms with Crippen LogP contribution < -0.4 is 0 Å². The molecular formula is C6H8N4. The Hall–Kier alpha value is -1.32. The topological polar surface area (TPSA) is 46.0 Å². The smallest absolute Gasteiger partial charge is 0.178 e. The number of nitrogens with one attached hydrogen (secondary N) is 1. The lowest BCUT2D eigenvalue weighted by molar-refractivity contribution is 0.806. The largest absolute Gasteiger partial charge is 0.263 e. The van der Waals surface area contributed by atoms with Crippen molar-refractivity contribution in [3.8, 4) is 0 Å². The third-order valence-corrected chi connectivity index (χ3v) is 1.46. The molecule has 4 nitrogen and oxygen atoms in total. The van der Waals surface area contributed by atoms with Gasteiger partial charge < -0.3 is 0 Å². The van der Waals surface area contributed by atoms with Gasteiger partial charge in [0.1, 0.15) is 5.82 Å². The Bertz CT molecular complexity index is 357. The number of aryl methyl sites for hydroxylation is 2. The minimum absolute atomic E-state index is 0.895. The first-order chi connectivity index (χ1) is 4.77. The molecule has 2 aromatic heterocycles. The Morgan fingerprint density at radius 2 is 2.30 bits per heavy atom. The number of nitrogens with zero attached hydrogens (tertiary/aromatic N) is 3. The van der Waals surface area contributed by atoms with Crippen molar-refractivity contribution in [2.75, 3.05) is 0 Å². The number of fused-ring (bicyclic) bond motifs is 1. The second-order valence-electron chi connectivity index (χ2n) is 2.37. The standard InChI is InChI=1S/C6H8N4/c1-4-3-7-10-6(4)8-5(2)9-10/h3H,1-2H3,(H,8,9). The maximum absolute atomic E-state index is 4.22. The highest BCUT2D eigenvalue weighted by Gasteiger charge is 2.01. The summed E-state index contributed by atoms with van der Waals surface area (Å²) in [5, 5.41) is 7.01. The van der Waals surface area contributed by atoms with E-state index in [1.807, 2.05) is 13.8 Å². The average Bonchev–Trinajstić information content (AvgIpc) is 2.35. The number of rotatable bonds is 0. The monoisotopic (exact) mass is 136 g/mol. The van der Waals surface area contributed by atoms with Crippen molar-refractivity contribution in [1.29, 1.82) is 0 Å². The first-order valence-corrected chi connectivity index (χ1v) is 3.14. The van der Waals surface area contributed by atoms with Crippen LogP contribution in [0.1, 0.15) is 11.4 Å². The molecule has 2 aromatic rings. The van der Waals surface area contributed by atoms with Crippen LogP contribution in [0, 0.1) is 13.8 Å². The van der Waals surface area contributed by atoms with Crippen molar-refractivity contribution in [2.45, 2.75) is 13.8 Å². The van der Waals surface area contributed by atoms with Crippen molar-refractivity contribution in [2.24, 2.45) is 0 Å². The summed E-state index contributed by atoms with van der Waals surface area (Å²) >= 11 is 0. The molecule has 0 aromatic carbocycles. The molecule has 2 rings (SSSR count). The average molecular weight is 136 g/mol. The summed E-state index contributed by atoms with van der Waals surface area (Å²) in [7, 11) is 0. The van der Waals surface area contributed by atoms with Crippen molar-refractivity contribution in [3.05, 3.63) is 17.6 Å². The molecule has 10 heavy (non-hydrogen) atoms. The van der Waals surface area contributed by atoms with E-state index in [9.17, 15) is 0 Å². The molecule has 2 heterocycles. The third kappa shape index (κ3) is 0.556. The Morgan fingerprint density at radius 3 is 3.00 bits per heavy atom. The van der Waals surface area contributed by atoms with E-state index in [4.69, 9.17) is 0 Å². The molecule has 0 aliphatic heterocycles. The molecule has 0 radical (unpaired) electrons. The number of aromatic amines is 1. The summed E-state index contributed by atoms with van der Waals surface area (Å²) in [5.41, 5.74) is 2.02. The lowest BCUT2D eigenvalue weighted by Crippen LogP contribution is -1.84. The van der Waals surface area contributed by atoms with Crippen molar-refractivity contribution < 1.29 is 0 Å². The fraction of sp³-hybridized carbons (Fsp3) is 0.333. The minimum atomic E-state index is 0.895. The number of hydrogen-bond donors (Lipinski definition) is 1.